The molecule has 0 aliphatic rings. The molecule has 2 N–H and O–H groups in total. The van der Waals surface area contributed by atoms with Gasteiger partial charge in [0, 0.05) is 26.2 Å². The lowest BCUT2D eigenvalue weighted by Crippen LogP contribution is -2.36. The number of hydrogen-bond donors (Lipinski definition) is 2. The maximum Gasteiger partial charge on any atom is 0.259 e. The Morgan fingerprint density at radius 3 is 2.64 bits per heavy atom. The molecule has 176 valence electrons. The minimum atomic E-state index is -0.0877. The molecule has 0 aliphatic carbocycles. The Labute approximate surface area is 211 Å². The Morgan fingerprint density at radius 2 is 1.91 bits per heavy atom. The number of benzene rings is 2. The molecule has 0 bridgehead atoms. The van der Waals surface area contributed by atoms with E-state index in [1.807, 2.05) is 61.5 Å². The van der Waals surface area contributed by atoms with Crippen LogP contribution in [0.4, 0.5) is 0 Å². The number of rotatable bonds is 9. The van der Waals surface area contributed by atoms with E-state index in [0.717, 1.165) is 23.4 Å². The van der Waals surface area contributed by atoms with Crippen molar-refractivity contribution in [2.45, 2.75) is 20.0 Å². The van der Waals surface area contributed by atoms with Gasteiger partial charge in [0.25, 0.3) is 5.91 Å². The van der Waals surface area contributed by atoms with Gasteiger partial charge in [0.05, 0.1) is 18.8 Å². The lowest BCUT2D eigenvalue weighted by Gasteiger charge is -2.12. The highest BCUT2D eigenvalue weighted by molar-refractivity contribution is 14.0. The Hall–Kier alpha value is -3.08. The lowest BCUT2D eigenvalue weighted by molar-refractivity contribution is -0.130. The molecule has 0 radical (unpaired) electrons. The summed E-state index contributed by atoms with van der Waals surface area (Å²) < 4.78 is 11.2. The van der Waals surface area contributed by atoms with Crippen molar-refractivity contribution < 1.29 is 13.9 Å². The predicted molar refractivity (Wildman–Crippen MR) is 140 cm³/mol. The number of amides is 1. The molecule has 0 aliphatic heterocycles. The predicted octanol–water partition coefficient (Wildman–Crippen LogP) is 3.68. The van der Waals surface area contributed by atoms with Crippen LogP contribution in [-0.2, 0) is 17.9 Å². The Balaban J connectivity index is 0.00000385. The Bertz CT molecular complexity index is 1040. The van der Waals surface area contributed by atoms with E-state index in [4.69, 9.17) is 9.15 Å². The summed E-state index contributed by atoms with van der Waals surface area (Å²) in [6.45, 7) is 3.69. The second-order valence-electron chi connectivity index (χ2n) is 7.28. The van der Waals surface area contributed by atoms with Gasteiger partial charge in [-0.3, -0.25) is 4.79 Å². The van der Waals surface area contributed by atoms with Gasteiger partial charge in [-0.1, -0.05) is 30.3 Å². The maximum atomic E-state index is 11.7. The van der Waals surface area contributed by atoms with Crippen LogP contribution in [-0.4, -0.2) is 49.0 Å². The first-order chi connectivity index (χ1) is 15.5. The SMILES string of the molecule is CCNC(=NCc1cccc(OCC(=O)N(C)C)c1)NCc1coc(-c2ccccc2)n1.I. The number of ether oxygens (including phenoxy) is 1. The number of oxazole rings is 1. The summed E-state index contributed by atoms with van der Waals surface area (Å²) in [5.41, 5.74) is 2.70. The van der Waals surface area contributed by atoms with E-state index in [0.29, 0.717) is 30.7 Å². The normalized spacial score (nSPS) is 10.8. The molecule has 1 aromatic heterocycles. The van der Waals surface area contributed by atoms with Crippen LogP contribution in [0.25, 0.3) is 11.5 Å². The second-order valence-corrected chi connectivity index (χ2v) is 7.28. The van der Waals surface area contributed by atoms with Crippen molar-refractivity contribution in [3.8, 4) is 17.2 Å². The highest BCUT2D eigenvalue weighted by Crippen LogP contribution is 2.18. The minimum Gasteiger partial charge on any atom is -0.484 e. The van der Waals surface area contributed by atoms with Gasteiger partial charge in [0.15, 0.2) is 12.6 Å². The molecule has 8 nitrogen and oxygen atoms in total. The van der Waals surface area contributed by atoms with Gasteiger partial charge < -0.3 is 24.7 Å². The lowest BCUT2D eigenvalue weighted by atomic mass is 10.2. The molecule has 0 spiro atoms. The maximum absolute atomic E-state index is 11.7. The minimum absolute atomic E-state index is 0. The Morgan fingerprint density at radius 1 is 1.12 bits per heavy atom. The first kappa shape index (κ1) is 26.2. The van der Waals surface area contributed by atoms with E-state index < -0.39 is 0 Å². The highest BCUT2D eigenvalue weighted by atomic mass is 127. The van der Waals surface area contributed by atoms with Crippen molar-refractivity contribution in [1.29, 1.82) is 0 Å². The van der Waals surface area contributed by atoms with Crippen molar-refractivity contribution in [3.05, 3.63) is 72.1 Å². The van der Waals surface area contributed by atoms with Crippen molar-refractivity contribution >= 4 is 35.8 Å². The van der Waals surface area contributed by atoms with Gasteiger partial charge in [0.1, 0.15) is 12.0 Å². The molecule has 3 aromatic rings. The number of likely N-dealkylation sites (N-methyl/N-ethyl adjacent to an activating group) is 1. The summed E-state index contributed by atoms with van der Waals surface area (Å²) in [6, 6.07) is 17.4. The molecule has 9 heteroatoms. The number of carbonyl (C=O) groups is 1. The summed E-state index contributed by atoms with van der Waals surface area (Å²) in [5, 5.41) is 6.50. The fourth-order valence-electron chi connectivity index (χ4n) is 2.80. The molecule has 1 heterocycles. The zero-order valence-corrected chi connectivity index (χ0v) is 21.4. The van der Waals surface area contributed by atoms with E-state index >= 15 is 0 Å². The van der Waals surface area contributed by atoms with Crippen LogP contribution in [0.3, 0.4) is 0 Å². The van der Waals surface area contributed by atoms with Crippen molar-refractivity contribution in [2.75, 3.05) is 27.2 Å². The number of halogens is 1. The van der Waals surface area contributed by atoms with E-state index in [9.17, 15) is 4.79 Å². The average molecular weight is 563 g/mol. The largest absolute Gasteiger partial charge is 0.484 e. The van der Waals surface area contributed by atoms with Crippen LogP contribution in [0.15, 0.2) is 70.3 Å². The number of carbonyl (C=O) groups excluding carboxylic acids is 1. The van der Waals surface area contributed by atoms with Crippen molar-refractivity contribution in [3.63, 3.8) is 0 Å². The number of aromatic nitrogens is 1. The molecule has 33 heavy (non-hydrogen) atoms. The molecule has 0 atom stereocenters. The zero-order chi connectivity index (χ0) is 22.8. The van der Waals surface area contributed by atoms with Crippen LogP contribution in [0.5, 0.6) is 5.75 Å². The van der Waals surface area contributed by atoms with Gasteiger partial charge in [-0.25, -0.2) is 9.98 Å². The standard InChI is InChI=1S/C24H29N5O3.HI/c1-4-25-24(27-15-20-16-32-23(28-20)19-10-6-5-7-11-19)26-14-18-9-8-12-21(13-18)31-17-22(30)29(2)3;/h5-13,16H,4,14-15,17H2,1-3H3,(H2,25,26,27);1H. The van der Waals surface area contributed by atoms with E-state index in [1.165, 1.54) is 4.90 Å². The third-order valence-electron chi connectivity index (χ3n) is 4.53. The van der Waals surface area contributed by atoms with Gasteiger partial charge in [-0.15, -0.1) is 24.0 Å². The van der Waals surface area contributed by atoms with Crippen LogP contribution in [0.1, 0.15) is 18.2 Å². The van der Waals surface area contributed by atoms with Gasteiger partial charge >= 0.3 is 0 Å². The molecule has 0 unspecified atom stereocenters. The van der Waals surface area contributed by atoms with E-state index in [2.05, 4.69) is 20.6 Å². The van der Waals surface area contributed by atoms with Crippen LogP contribution >= 0.6 is 24.0 Å². The fraction of sp³-hybridized carbons (Fsp3) is 0.292. The van der Waals surface area contributed by atoms with Crippen LogP contribution in [0, 0.1) is 0 Å². The van der Waals surface area contributed by atoms with Gasteiger partial charge in [0.2, 0.25) is 5.89 Å². The number of nitrogens with zero attached hydrogens (tertiary/aromatic N) is 3. The van der Waals surface area contributed by atoms with E-state index in [1.54, 1.807) is 20.4 Å². The van der Waals surface area contributed by atoms with Crippen LogP contribution in [0.2, 0.25) is 0 Å². The summed E-state index contributed by atoms with van der Waals surface area (Å²) in [4.78, 5) is 22.4. The quantitative estimate of drug-likeness (QED) is 0.235. The van der Waals surface area contributed by atoms with Crippen molar-refractivity contribution in [1.82, 2.24) is 20.5 Å². The first-order valence-electron chi connectivity index (χ1n) is 10.5. The molecule has 0 saturated carbocycles. The molecule has 3 rings (SSSR count). The second kappa shape index (κ2) is 13.5. The highest BCUT2D eigenvalue weighted by Gasteiger charge is 2.08. The third kappa shape index (κ3) is 8.41. The number of nitrogens with one attached hydrogen (secondary N) is 2. The summed E-state index contributed by atoms with van der Waals surface area (Å²) in [7, 11) is 3.40. The van der Waals surface area contributed by atoms with Gasteiger partial charge in [-0.2, -0.15) is 0 Å². The number of aliphatic imine (C=N–C) groups is 1. The zero-order valence-electron chi connectivity index (χ0n) is 19.1. The molecule has 0 saturated heterocycles. The topological polar surface area (TPSA) is 92.0 Å². The molecule has 0 fully saturated rings. The molecular formula is C24H30IN5O3. The first-order valence-corrected chi connectivity index (χ1v) is 10.5. The summed E-state index contributed by atoms with van der Waals surface area (Å²) >= 11 is 0. The summed E-state index contributed by atoms with van der Waals surface area (Å²) in [6.07, 6.45) is 1.65. The van der Waals surface area contributed by atoms with Crippen LogP contribution < -0.4 is 15.4 Å². The number of hydrogen-bond acceptors (Lipinski definition) is 5. The molecular weight excluding hydrogens is 533 g/mol. The third-order valence-corrected chi connectivity index (χ3v) is 4.53. The summed E-state index contributed by atoms with van der Waals surface area (Å²) in [5.74, 6) is 1.82. The molecule has 2 aromatic carbocycles. The number of guanidine groups is 1. The average Bonchev–Trinajstić information content (AvgIpc) is 3.29. The van der Waals surface area contributed by atoms with E-state index in [-0.39, 0.29) is 36.5 Å². The van der Waals surface area contributed by atoms with Gasteiger partial charge in [-0.05, 0) is 36.8 Å². The smallest absolute Gasteiger partial charge is 0.259 e. The molecule has 1 amide bonds. The monoisotopic (exact) mass is 563 g/mol. The Kier molecular flexibility index (Phi) is 10.7. The van der Waals surface area contributed by atoms with Crippen molar-refractivity contribution in [2.24, 2.45) is 4.99 Å². The fourth-order valence-corrected chi connectivity index (χ4v) is 2.80.